The molecule has 6 heteroatoms. The molecule has 0 aromatic rings. The number of hydrogen-bond donors (Lipinski definition) is 1. The monoisotopic (exact) mass is 330 g/mol. The summed E-state index contributed by atoms with van der Waals surface area (Å²) in [6.45, 7) is 1.94. The third kappa shape index (κ3) is 1940. The zero-order valence-corrected chi connectivity index (χ0v) is 7.93. The quantitative estimate of drug-likeness (QED) is 0.535. The zero-order valence-electron chi connectivity index (χ0n) is 5.66. The second-order valence-corrected chi connectivity index (χ2v) is 0.983. The number of carboxylic acid groups (broad SMARTS) is 2. The van der Waals surface area contributed by atoms with Crippen molar-refractivity contribution in [2.45, 2.75) is 13.8 Å². The van der Waals surface area contributed by atoms with Gasteiger partial charge in [-0.2, -0.15) is 0 Å². The van der Waals surface area contributed by atoms with Crippen LogP contribution in [0.25, 0.3) is 0 Å². The van der Waals surface area contributed by atoms with Crippen molar-refractivity contribution in [2.75, 3.05) is 0 Å². The number of carbonyl (C=O) groups is 2. The topological polar surface area (TPSA) is 115 Å². The summed E-state index contributed by atoms with van der Waals surface area (Å²) in [6.07, 6.45) is 0. The van der Waals surface area contributed by atoms with E-state index in [1.165, 1.54) is 0 Å². The van der Waals surface area contributed by atoms with Crippen molar-refractivity contribution >= 4 is 11.9 Å². The Bertz CT molecular complexity index is 75.3. The maximum Gasteiger partial charge on any atom is 2.00 e. The predicted molar refractivity (Wildman–Crippen MR) is 26.4 cm³/mol. The van der Waals surface area contributed by atoms with E-state index in [4.69, 9.17) is 19.8 Å². The molecule has 0 spiro atoms. The van der Waals surface area contributed by atoms with Crippen molar-refractivity contribution < 1.29 is 40.9 Å². The Morgan fingerprint density at radius 2 is 1.00 bits per heavy atom. The van der Waals surface area contributed by atoms with Crippen LogP contribution in [0.5, 0.6) is 0 Å². The van der Waals surface area contributed by atoms with Gasteiger partial charge in [-0.3, -0.25) is 0 Å². The molecule has 0 bridgehead atoms. The van der Waals surface area contributed by atoms with Gasteiger partial charge in [-0.15, -0.1) is 0 Å². The Morgan fingerprint density at radius 3 is 1.00 bits per heavy atom. The Kier molecular flexibility index (Phi) is 35.9. The minimum absolute atomic E-state index is 0. The summed E-state index contributed by atoms with van der Waals surface area (Å²) in [4.78, 5) is 17.8. The van der Waals surface area contributed by atoms with Crippen molar-refractivity contribution in [2.24, 2.45) is 0 Å². The van der Waals surface area contributed by atoms with Crippen molar-refractivity contribution in [3.8, 4) is 0 Å². The van der Waals surface area contributed by atoms with Crippen LogP contribution in [0.15, 0.2) is 0 Å². The number of rotatable bonds is 0. The van der Waals surface area contributed by atoms with Gasteiger partial charge in [-0.25, -0.2) is 0 Å². The van der Waals surface area contributed by atoms with Gasteiger partial charge in [0.15, 0.2) is 0 Å². The molecule has 0 rings (SSSR count). The average Bonchev–Trinajstić information content (AvgIpc) is 1.25. The molecule has 5 nitrogen and oxygen atoms in total. The molecule has 0 aliphatic heterocycles. The van der Waals surface area contributed by atoms with Gasteiger partial charge >= 0.3 is 21.1 Å². The first-order chi connectivity index (χ1) is 3.46. The van der Waals surface area contributed by atoms with Crippen LogP contribution in [0.1, 0.15) is 13.8 Å². The molecule has 0 heterocycles. The van der Waals surface area contributed by atoms with E-state index < -0.39 is 11.9 Å². The summed E-state index contributed by atoms with van der Waals surface area (Å²) in [7, 11) is 0. The molecule has 0 saturated heterocycles. The molecule has 0 fully saturated rings. The molecule has 0 aromatic carbocycles. The fourth-order valence-electron chi connectivity index (χ4n) is 0. The molecule has 0 amide bonds. The van der Waals surface area contributed by atoms with Crippen molar-refractivity contribution in [3.05, 3.63) is 0 Å². The molecule has 0 aliphatic carbocycles. The van der Waals surface area contributed by atoms with Crippen LogP contribution in [0, 0.1) is 0 Å². The summed E-state index contributed by atoms with van der Waals surface area (Å²) in [5, 5.41) is 17.8. The van der Waals surface area contributed by atoms with Crippen LogP contribution >= 0.6 is 0 Å². The van der Waals surface area contributed by atoms with Gasteiger partial charge in [0, 0.05) is 11.9 Å². The first kappa shape index (κ1) is 22.6. The molecule has 0 atom stereocenters. The van der Waals surface area contributed by atoms with E-state index in [0.29, 0.717) is 0 Å². The first-order valence-corrected chi connectivity index (χ1v) is 1.82. The van der Waals surface area contributed by atoms with E-state index in [2.05, 4.69) is 0 Å². The number of aliphatic carboxylic acids is 2. The van der Waals surface area contributed by atoms with Gasteiger partial charge in [0.1, 0.15) is 0 Å². The van der Waals surface area contributed by atoms with Crippen LogP contribution in [0.3, 0.4) is 0 Å². The second-order valence-electron chi connectivity index (χ2n) is 0.983. The minimum atomic E-state index is -1.08. The Morgan fingerprint density at radius 1 is 1.00 bits per heavy atom. The van der Waals surface area contributed by atoms with E-state index in [1.54, 1.807) is 0 Å². The van der Waals surface area contributed by atoms with Crippen molar-refractivity contribution in [1.29, 1.82) is 0 Å². The Balaban J connectivity index is -0.0000000300. The molecule has 10 heavy (non-hydrogen) atoms. The number of carboxylic acids is 2. The maximum atomic E-state index is 8.89. The summed E-state index contributed by atoms with van der Waals surface area (Å²) in [6, 6.07) is 0. The number of hydrogen-bond acceptors (Lipinski definition) is 5. The van der Waals surface area contributed by atoms with E-state index in [0.717, 1.165) is 13.8 Å². The molecule has 0 radical (unpaired) electrons. The van der Waals surface area contributed by atoms with Crippen LogP contribution in [0.2, 0.25) is 0 Å². The van der Waals surface area contributed by atoms with Crippen molar-refractivity contribution in [1.82, 2.24) is 6.15 Å². The zero-order chi connectivity index (χ0) is 7.15. The van der Waals surface area contributed by atoms with Gasteiger partial charge in [0.25, 0.3) is 0 Å². The fourth-order valence-corrected chi connectivity index (χ4v) is 0. The second kappa shape index (κ2) is 15.8. The largest absolute Gasteiger partial charge is 2.00 e. The Hall–Kier alpha value is -0.412. The van der Waals surface area contributed by atoms with Gasteiger partial charge in [-0.05, 0) is 13.8 Å². The molecule has 0 saturated carbocycles. The van der Waals surface area contributed by atoms with E-state index in [9.17, 15) is 0 Å². The Labute approximate surface area is 73.3 Å². The summed E-state index contributed by atoms with van der Waals surface area (Å²) in [5.41, 5.74) is 0. The summed E-state index contributed by atoms with van der Waals surface area (Å²) >= 11 is 0. The molecular formula is C4H9NO4Pt. The first-order valence-electron chi connectivity index (χ1n) is 1.82. The molecule has 0 aliphatic rings. The SMILES string of the molecule is CC(=O)[O-].CC(=O)[O-].N.[Pt+2]. The van der Waals surface area contributed by atoms with Gasteiger partial charge in [0.05, 0.1) is 0 Å². The van der Waals surface area contributed by atoms with Gasteiger partial charge in [0.2, 0.25) is 0 Å². The van der Waals surface area contributed by atoms with E-state index >= 15 is 0 Å². The van der Waals surface area contributed by atoms with Crippen LogP contribution in [-0.4, -0.2) is 11.9 Å². The predicted octanol–water partition coefficient (Wildman–Crippen LogP) is -2.33. The number of carbonyl (C=O) groups excluding carboxylic acids is 2. The average molecular weight is 330 g/mol. The maximum absolute atomic E-state index is 8.89. The standard InChI is InChI=1S/2C2H4O2.H3N.Pt/c2*1-2(3)4;;/h2*1H3,(H,3,4);1H3;/q;;;+2/p-2. The minimum Gasteiger partial charge on any atom is -0.550 e. The third-order valence-electron chi connectivity index (χ3n) is 0. The van der Waals surface area contributed by atoms with Crippen LogP contribution in [0.4, 0.5) is 0 Å². The van der Waals surface area contributed by atoms with Gasteiger partial charge in [-0.1, -0.05) is 0 Å². The smallest absolute Gasteiger partial charge is 0.550 e. The third-order valence-corrected chi connectivity index (χ3v) is 0. The molecule has 64 valence electrons. The van der Waals surface area contributed by atoms with E-state index in [-0.39, 0.29) is 27.2 Å². The van der Waals surface area contributed by atoms with Gasteiger partial charge < -0.3 is 26.0 Å². The fraction of sp³-hybridized carbons (Fsp3) is 0.500. The summed E-state index contributed by atoms with van der Waals surface area (Å²) < 4.78 is 0. The molecule has 3 N–H and O–H groups in total. The summed E-state index contributed by atoms with van der Waals surface area (Å²) in [5.74, 6) is -2.17. The van der Waals surface area contributed by atoms with Crippen molar-refractivity contribution in [3.63, 3.8) is 0 Å². The van der Waals surface area contributed by atoms with Crippen LogP contribution < -0.4 is 16.4 Å². The molecule has 0 unspecified atom stereocenters. The van der Waals surface area contributed by atoms with E-state index in [1.807, 2.05) is 0 Å². The normalized spacial score (nSPS) is 5.00. The van der Waals surface area contributed by atoms with Crippen LogP contribution in [-0.2, 0) is 30.7 Å². The molecular weight excluding hydrogens is 321 g/mol. The molecule has 0 aromatic heterocycles.